The van der Waals surface area contributed by atoms with Gasteiger partial charge in [-0.2, -0.15) is 4.39 Å². The Balaban J connectivity index is 3.75. The molecule has 8 heteroatoms. The predicted octanol–water partition coefficient (Wildman–Crippen LogP) is -0.669. The van der Waals surface area contributed by atoms with Gasteiger partial charge in [0.2, 0.25) is 12.2 Å². The second kappa shape index (κ2) is 4.09. The largest absolute Gasteiger partial charge is 0.365 e. The maximum atomic E-state index is 13.2. The first-order chi connectivity index (χ1) is 7.41. The number of carbonyl (C=O) groups is 2. The molecule has 1 rings (SSSR count). The van der Waals surface area contributed by atoms with Crippen LogP contribution in [0, 0.1) is 11.6 Å². The summed E-state index contributed by atoms with van der Waals surface area (Å²) in [5.41, 5.74) is 2.62. The van der Waals surface area contributed by atoms with Crippen molar-refractivity contribution in [1.29, 1.82) is 0 Å². The Hall–Kier alpha value is -2.25. The molecule has 0 aliphatic carbocycles. The van der Waals surface area contributed by atoms with E-state index in [1.807, 2.05) is 5.32 Å². The van der Waals surface area contributed by atoms with Crippen molar-refractivity contribution in [2.75, 3.05) is 5.32 Å². The molecule has 1 heterocycles. The third kappa shape index (κ3) is 1.64. The number of rotatable bonds is 3. The molecule has 16 heavy (non-hydrogen) atoms. The number of nitrogens with zero attached hydrogens (tertiary/aromatic N) is 1. The lowest BCUT2D eigenvalue weighted by atomic mass is 10.2. The van der Waals surface area contributed by atoms with Gasteiger partial charge in [-0.25, -0.2) is 4.39 Å². The van der Waals surface area contributed by atoms with Crippen LogP contribution in [0.5, 0.6) is 0 Å². The van der Waals surface area contributed by atoms with Crippen LogP contribution in [0.3, 0.4) is 0 Å². The number of carbonyl (C=O) groups excluding carboxylic acids is 2. The van der Waals surface area contributed by atoms with E-state index in [4.69, 9.17) is 5.73 Å². The summed E-state index contributed by atoms with van der Waals surface area (Å²) < 4.78 is 26.8. The van der Waals surface area contributed by atoms with Gasteiger partial charge in [-0.15, -0.1) is 0 Å². The average Bonchev–Trinajstić information content (AvgIpc) is 2.23. The molecule has 0 saturated carbocycles. The van der Waals surface area contributed by atoms with E-state index in [-0.39, 0.29) is 6.41 Å². The SMILES string of the molecule is Cn1c(NC=O)c(C(N)=O)c(F)c(F)c1=O. The highest BCUT2D eigenvalue weighted by Gasteiger charge is 2.23. The quantitative estimate of drug-likeness (QED) is 0.675. The summed E-state index contributed by atoms with van der Waals surface area (Å²) in [6, 6.07) is 0. The highest BCUT2D eigenvalue weighted by Crippen LogP contribution is 2.17. The molecule has 1 aromatic heterocycles. The first-order valence-electron chi connectivity index (χ1n) is 3.99. The molecule has 0 aromatic carbocycles. The van der Waals surface area contributed by atoms with Crippen LogP contribution in [0.4, 0.5) is 14.6 Å². The molecule has 0 unspecified atom stereocenters. The van der Waals surface area contributed by atoms with E-state index in [1.165, 1.54) is 0 Å². The van der Waals surface area contributed by atoms with Crippen molar-refractivity contribution in [2.45, 2.75) is 0 Å². The number of primary amides is 1. The lowest BCUT2D eigenvalue weighted by Crippen LogP contribution is -2.30. The van der Waals surface area contributed by atoms with Crippen LogP contribution in [-0.2, 0) is 11.8 Å². The Morgan fingerprint density at radius 1 is 1.44 bits per heavy atom. The predicted molar refractivity (Wildman–Crippen MR) is 49.8 cm³/mol. The zero-order valence-corrected chi connectivity index (χ0v) is 8.08. The summed E-state index contributed by atoms with van der Waals surface area (Å²) in [6.45, 7) is 0. The van der Waals surface area contributed by atoms with Gasteiger partial charge in [-0.05, 0) is 0 Å². The highest BCUT2D eigenvalue weighted by molar-refractivity contribution is 5.99. The number of nitrogens with two attached hydrogens (primary N) is 1. The lowest BCUT2D eigenvalue weighted by Gasteiger charge is -2.11. The minimum Gasteiger partial charge on any atom is -0.365 e. The molecule has 0 spiro atoms. The first-order valence-corrected chi connectivity index (χ1v) is 3.99. The van der Waals surface area contributed by atoms with E-state index in [1.54, 1.807) is 0 Å². The first kappa shape index (κ1) is 11.8. The smallest absolute Gasteiger partial charge is 0.291 e. The standard InChI is InChI=1S/C8H7F2N3O3/c1-13-7(12-2-14)3(6(11)15)4(9)5(10)8(13)16/h2H,1H3,(H2,11,15)(H,12,14). The molecular weight excluding hydrogens is 224 g/mol. The van der Waals surface area contributed by atoms with E-state index in [2.05, 4.69) is 0 Å². The third-order valence-corrected chi connectivity index (χ3v) is 1.92. The zero-order chi connectivity index (χ0) is 12.5. The number of anilines is 1. The number of hydrogen-bond donors (Lipinski definition) is 2. The van der Waals surface area contributed by atoms with Crippen molar-refractivity contribution in [3.05, 3.63) is 27.6 Å². The van der Waals surface area contributed by atoms with Crippen molar-refractivity contribution in [3.8, 4) is 0 Å². The fraction of sp³-hybridized carbons (Fsp3) is 0.125. The molecule has 0 radical (unpaired) electrons. The van der Waals surface area contributed by atoms with Gasteiger partial charge in [-0.1, -0.05) is 0 Å². The number of hydrogen-bond acceptors (Lipinski definition) is 3. The number of aromatic nitrogens is 1. The van der Waals surface area contributed by atoms with Crippen molar-refractivity contribution < 1.29 is 18.4 Å². The Bertz CT molecular complexity index is 524. The van der Waals surface area contributed by atoms with Crippen molar-refractivity contribution in [2.24, 2.45) is 12.8 Å². The molecule has 6 nitrogen and oxygen atoms in total. The van der Waals surface area contributed by atoms with Gasteiger partial charge < -0.3 is 11.1 Å². The van der Waals surface area contributed by atoms with Gasteiger partial charge >= 0.3 is 0 Å². The number of nitrogens with one attached hydrogen (secondary N) is 1. The number of pyridine rings is 1. The van der Waals surface area contributed by atoms with Crippen molar-refractivity contribution in [1.82, 2.24) is 4.57 Å². The summed E-state index contributed by atoms with van der Waals surface area (Å²) >= 11 is 0. The van der Waals surface area contributed by atoms with E-state index in [0.717, 1.165) is 7.05 Å². The molecule has 0 atom stereocenters. The summed E-state index contributed by atoms with van der Waals surface area (Å²) in [5.74, 6) is -5.20. The van der Waals surface area contributed by atoms with Gasteiger partial charge in [0, 0.05) is 7.05 Å². The Labute approximate surface area is 87.7 Å². The Kier molecular flexibility index (Phi) is 3.02. The second-order valence-corrected chi connectivity index (χ2v) is 2.84. The normalized spacial score (nSPS) is 9.94. The fourth-order valence-corrected chi connectivity index (χ4v) is 1.17. The summed E-state index contributed by atoms with van der Waals surface area (Å²) in [6.07, 6.45) is 0.110. The molecule has 2 amide bonds. The van der Waals surface area contributed by atoms with Crippen molar-refractivity contribution >= 4 is 18.1 Å². The van der Waals surface area contributed by atoms with Gasteiger partial charge in [-0.3, -0.25) is 19.0 Å². The van der Waals surface area contributed by atoms with E-state index in [0.29, 0.717) is 4.57 Å². The molecular formula is C8H7F2N3O3. The minimum absolute atomic E-state index is 0.110. The van der Waals surface area contributed by atoms with Crippen LogP contribution in [-0.4, -0.2) is 16.9 Å². The van der Waals surface area contributed by atoms with Gasteiger partial charge in [0.05, 0.1) is 0 Å². The fourth-order valence-electron chi connectivity index (χ4n) is 1.17. The Morgan fingerprint density at radius 3 is 2.44 bits per heavy atom. The van der Waals surface area contributed by atoms with Crippen molar-refractivity contribution in [3.63, 3.8) is 0 Å². The monoisotopic (exact) mass is 231 g/mol. The molecule has 0 saturated heterocycles. The molecule has 86 valence electrons. The molecule has 1 aromatic rings. The van der Waals surface area contributed by atoms with Crippen LogP contribution in [0.15, 0.2) is 4.79 Å². The van der Waals surface area contributed by atoms with Crippen LogP contribution in [0.1, 0.15) is 10.4 Å². The highest BCUT2D eigenvalue weighted by atomic mass is 19.2. The third-order valence-electron chi connectivity index (χ3n) is 1.92. The summed E-state index contributed by atoms with van der Waals surface area (Å²) in [4.78, 5) is 32.2. The average molecular weight is 231 g/mol. The number of halogens is 2. The van der Waals surface area contributed by atoms with Crippen LogP contribution < -0.4 is 16.6 Å². The summed E-state index contributed by atoms with van der Waals surface area (Å²) in [7, 11) is 1.06. The molecule has 3 N–H and O–H groups in total. The molecule has 0 aliphatic rings. The minimum atomic E-state index is -1.73. The maximum absolute atomic E-state index is 13.2. The molecule has 0 bridgehead atoms. The van der Waals surface area contributed by atoms with Crippen LogP contribution in [0.25, 0.3) is 0 Å². The second-order valence-electron chi connectivity index (χ2n) is 2.84. The molecule has 0 fully saturated rings. The van der Waals surface area contributed by atoms with Crippen LogP contribution in [0.2, 0.25) is 0 Å². The van der Waals surface area contributed by atoms with Gasteiger partial charge in [0.1, 0.15) is 11.4 Å². The van der Waals surface area contributed by atoms with Crippen LogP contribution >= 0.6 is 0 Å². The number of amides is 2. The van der Waals surface area contributed by atoms with Gasteiger partial charge in [0.15, 0.2) is 5.82 Å². The Morgan fingerprint density at radius 2 is 2.00 bits per heavy atom. The lowest BCUT2D eigenvalue weighted by molar-refractivity contribution is -0.105. The topological polar surface area (TPSA) is 94.2 Å². The van der Waals surface area contributed by atoms with E-state index < -0.39 is 34.5 Å². The van der Waals surface area contributed by atoms with Gasteiger partial charge in [0.25, 0.3) is 11.5 Å². The van der Waals surface area contributed by atoms with E-state index in [9.17, 15) is 23.2 Å². The zero-order valence-electron chi connectivity index (χ0n) is 8.08. The summed E-state index contributed by atoms with van der Waals surface area (Å²) in [5, 5.41) is 1.91. The molecule has 0 aliphatic heterocycles. The van der Waals surface area contributed by atoms with E-state index >= 15 is 0 Å². The maximum Gasteiger partial charge on any atom is 0.291 e.